The summed E-state index contributed by atoms with van der Waals surface area (Å²) < 4.78 is 0. The van der Waals surface area contributed by atoms with Crippen LogP contribution in [0.2, 0.25) is 0 Å². The van der Waals surface area contributed by atoms with Gasteiger partial charge in [0.05, 0.1) is 5.69 Å². The van der Waals surface area contributed by atoms with E-state index in [-0.39, 0.29) is 12.0 Å². The maximum absolute atomic E-state index is 12.5. The van der Waals surface area contributed by atoms with E-state index in [0.717, 1.165) is 67.8 Å². The van der Waals surface area contributed by atoms with Gasteiger partial charge in [0.25, 0.3) is 0 Å². The first kappa shape index (κ1) is 17.9. The molecule has 3 heterocycles. The Morgan fingerprint density at radius 2 is 1.96 bits per heavy atom. The van der Waals surface area contributed by atoms with E-state index in [1.807, 2.05) is 30.9 Å². The number of pyridine rings is 1. The van der Waals surface area contributed by atoms with Crippen LogP contribution in [0.4, 0.5) is 5.95 Å². The molecule has 6 nitrogen and oxygen atoms in total. The van der Waals surface area contributed by atoms with Gasteiger partial charge in [-0.2, -0.15) is 0 Å². The second-order valence-corrected chi connectivity index (χ2v) is 7.75. The zero-order chi connectivity index (χ0) is 18.8. The Labute approximate surface area is 160 Å². The largest absolute Gasteiger partial charge is 0.350 e. The zero-order valence-electron chi connectivity index (χ0n) is 16.1. The molecular weight excluding hydrogens is 338 g/mol. The minimum Gasteiger partial charge on any atom is -0.350 e. The molecule has 1 unspecified atom stereocenters. The molecule has 2 aliphatic rings. The first-order valence-electron chi connectivity index (χ1n) is 9.93. The molecule has 0 spiro atoms. The topological polar surface area (TPSA) is 71.0 Å². The molecule has 1 amide bonds. The smallest absolute Gasteiger partial charge is 0.225 e. The summed E-state index contributed by atoms with van der Waals surface area (Å²) in [5, 5.41) is 3.47. The van der Waals surface area contributed by atoms with Crippen molar-refractivity contribution in [3.05, 3.63) is 35.8 Å². The average Bonchev–Trinajstić information content (AvgIpc) is 3.49. The van der Waals surface area contributed by atoms with Crippen molar-refractivity contribution in [3.8, 4) is 11.3 Å². The van der Waals surface area contributed by atoms with Crippen molar-refractivity contribution in [2.75, 3.05) is 18.4 Å². The zero-order valence-corrected chi connectivity index (χ0v) is 16.1. The van der Waals surface area contributed by atoms with Crippen molar-refractivity contribution in [2.45, 2.75) is 52.0 Å². The van der Waals surface area contributed by atoms with Gasteiger partial charge < -0.3 is 10.2 Å². The van der Waals surface area contributed by atoms with Gasteiger partial charge in [0.2, 0.25) is 11.9 Å². The molecule has 2 aromatic heterocycles. The number of amides is 1. The summed E-state index contributed by atoms with van der Waals surface area (Å²) in [7, 11) is 0. The molecule has 1 aliphatic heterocycles. The van der Waals surface area contributed by atoms with Crippen LogP contribution in [0.15, 0.2) is 24.4 Å². The van der Waals surface area contributed by atoms with Crippen LogP contribution in [-0.4, -0.2) is 44.9 Å². The summed E-state index contributed by atoms with van der Waals surface area (Å²) in [6, 6.07) is 6.18. The standard InChI is InChI=1S/C21H27N5O/c1-14-6-9-18(15(2)23-14)19-10-11-22-21(25-19)24-17-5-3-4-12-26(13-17)20(27)16-7-8-16/h6,9-11,16-17H,3-5,7-8,12-13H2,1-2H3,(H,22,24,25). The first-order chi connectivity index (χ1) is 13.1. The second-order valence-electron chi connectivity index (χ2n) is 7.75. The van der Waals surface area contributed by atoms with E-state index in [1.54, 1.807) is 6.20 Å². The molecule has 1 aliphatic carbocycles. The van der Waals surface area contributed by atoms with Gasteiger partial charge in [0.1, 0.15) is 0 Å². The van der Waals surface area contributed by atoms with E-state index in [0.29, 0.717) is 11.9 Å². The molecule has 0 radical (unpaired) electrons. The highest BCUT2D eigenvalue weighted by Gasteiger charge is 2.34. The Balaban J connectivity index is 1.49. The first-order valence-corrected chi connectivity index (χ1v) is 9.93. The van der Waals surface area contributed by atoms with E-state index >= 15 is 0 Å². The van der Waals surface area contributed by atoms with Gasteiger partial charge in [-0.25, -0.2) is 9.97 Å². The highest BCUT2D eigenvalue weighted by atomic mass is 16.2. The number of anilines is 1. The summed E-state index contributed by atoms with van der Waals surface area (Å²) in [5.41, 5.74) is 3.87. The Morgan fingerprint density at radius 1 is 1.11 bits per heavy atom. The molecule has 1 N–H and O–H groups in total. The lowest BCUT2D eigenvalue weighted by Crippen LogP contribution is -2.40. The van der Waals surface area contributed by atoms with Crippen molar-refractivity contribution in [2.24, 2.45) is 5.92 Å². The molecule has 1 saturated heterocycles. The van der Waals surface area contributed by atoms with Crippen LogP contribution in [0, 0.1) is 19.8 Å². The van der Waals surface area contributed by atoms with Crippen LogP contribution < -0.4 is 5.32 Å². The molecule has 142 valence electrons. The third kappa shape index (κ3) is 4.26. The monoisotopic (exact) mass is 365 g/mol. The number of rotatable bonds is 4. The van der Waals surface area contributed by atoms with Gasteiger partial charge in [0.15, 0.2) is 0 Å². The third-order valence-electron chi connectivity index (χ3n) is 5.40. The molecule has 1 atom stereocenters. The molecule has 0 bridgehead atoms. The van der Waals surface area contributed by atoms with Crippen molar-refractivity contribution in [3.63, 3.8) is 0 Å². The maximum atomic E-state index is 12.5. The Bertz CT molecular complexity index is 833. The van der Waals surface area contributed by atoms with Gasteiger partial charge in [-0.15, -0.1) is 0 Å². The van der Waals surface area contributed by atoms with Gasteiger partial charge in [-0.1, -0.05) is 0 Å². The van der Waals surface area contributed by atoms with E-state index in [9.17, 15) is 4.79 Å². The van der Waals surface area contributed by atoms with Crippen LogP contribution in [0.3, 0.4) is 0 Å². The summed E-state index contributed by atoms with van der Waals surface area (Å²) >= 11 is 0. The lowest BCUT2D eigenvalue weighted by Gasteiger charge is -2.25. The molecule has 2 aromatic rings. The molecule has 27 heavy (non-hydrogen) atoms. The van der Waals surface area contributed by atoms with Crippen LogP contribution >= 0.6 is 0 Å². The molecule has 4 rings (SSSR count). The summed E-state index contributed by atoms with van der Waals surface area (Å²) in [5.74, 6) is 1.23. The maximum Gasteiger partial charge on any atom is 0.225 e. The predicted octanol–water partition coefficient (Wildman–Crippen LogP) is 3.36. The lowest BCUT2D eigenvalue weighted by atomic mass is 10.1. The summed E-state index contributed by atoms with van der Waals surface area (Å²) in [6.07, 6.45) is 7.13. The minimum atomic E-state index is 0.197. The number of hydrogen-bond acceptors (Lipinski definition) is 5. The molecule has 2 fully saturated rings. The van der Waals surface area contributed by atoms with E-state index < -0.39 is 0 Å². The normalized spacial score (nSPS) is 20.2. The number of aromatic nitrogens is 3. The Hall–Kier alpha value is -2.50. The number of nitrogens with zero attached hydrogens (tertiary/aromatic N) is 4. The fraction of sp³-hybridized carbons (Fsp3) is 0.524. The summed E-state index contributed by atoms with van der Waals surface area (Å²) in [6.45, 7) is 5.62. The van der Waals surface area contributed by atoms with Crippen molar-refractivity contribution >= 4 is 11.9 Å². The predicted molar refractivity (Wildman–Crippen MR) is 105 cm³/mol. The van der Waals surface area contributed by atoms with E-state index in [4.69, 9.17) is 4.98 Å². The fourth-order valence-electron chi connectivity index (χ4n) is 3.77. The third-order valence-corrected chi connectivity index (χ3v) is 5.40. The van der Waals surface area contributed by atoms with Gasteiger partial charge in [-0.05, 0) is 64.2 Å². The van der Waals surface area contributed by atoms with Crippen LogP contribution in [0.1, 0.15) is 43.5 Å². The Morgan fingerprint density at radius 3 is 2.74 bits per heavy atom. The van der Waals surface area contributed by atoms with Crippen LogP contribution in [0.5, 0.6) is 0 Å². The number of carbonyl (C=O) groups is 1. The SMILES string of the molecule is Cc1ccc(-c2ccnc(NC3CCCCN(C(=O)C4CC4)C3)n2)c(C)n1. The molecule has 0 aromatic carbocycles. The quantitative estimate of drug-likeness (QED) is 0.900. The van der Waals surface area contributed by atoms with Gasteiger partial charge in [-0.3, -0.25) is 9.78 Å². The van der Waals surface area contributed by atoms with E-state index in [1.165, 1.54) is 0 Å². The highest BCUT2D eigenvalue weighted by Crippen LogP contribution is 2.32. The van der Waals surface area contributed by atoms with Gasteiger partial charge >= 0.3 is 0 Å². The highest BCUT2D eigenvalue weighted by molar-refractivity contribution is 5.81. The number of likely N-dealkylation sites (tertiary alicyclic amines) is 1. The van der Waals surface area contributed by atoms with Crippen LogP contribution in [0.25, 0.3) is 11.3 Å². The number of hydrogen-bond donors (Lipinski definition) is 1. The summed E-state index contributed by atoms with van der Waals surface area (Å²) in [4.78, 5) is 28.2. The van der Waals surface area contributed by atoms with Crippen molar-refractivity contribution < 1.29 is 4.79 Å². The average molecular weight is 365 g/mol. The van der Waals surface area contributed by atoms with Crippen molar-refractivity contribution in [1.82, 2.24) is 19.9 Å². The molecular formula is C21H27N5O. The van der Waals surface area contributed by atoms with Crippen LogP contribution in [-0.2, 0) is 4.79 Å². The number of nitrogens with one attached hydrogen (secondary N) is 1. The Kier molecular flexibility index (Phi) is 5.05. The fourth-order valence-corrected chi connectivity index (χ4v) is 3.77. The molecule has 6 heteroatoms. The molecule has 1 saturated carbocycles. The second kappa shape index (κ2) is 7.62. The lowest BCUT2D eigenvalue weighted by molar-refractivity contribution is -0.132. The van der Waals surface area contributed by atoms with E-state index in [2.05, 4.69) is 21.4 Å². The number of carbonyl (C=O) groups excluding carboxylic acids is 1. The number of aryl methyl sites for hydroxylation is 2. The van der Waals surface area contributed by atoms with Crippen molar-refractivity contribution in [1.29, 1.82) is 0 Å². The minimum absolute atomic E-state index is 0.197. The van der Waals surface area contributed by atoms with Gasteiger partial charge in [0, 0.05) is 48.2 Å².